The molecule has 0 N–H and O–H groups in total. The van der Waals surface area contributed by atoms with Gasteiger partial charge >= 0.3 is 0 Å². The molecule has 150 valence electrons. The Morgan fingerprint density at radius 1 is 0.581 bits per heavy atom. The standard InChI is InChI=1S/C26H19FN4/c27-24-19-11-10-18-23(24)25-28-30-31(29-25)26(20-12-4-1-5-13-20,21-14-6-2-7-15-21)22-16-8-3-9-17-22/h1-19H. The molecule has 4 aromatic carbocycles. The highest BCUT2D eigenvalue weighted by Gasteiger charge is 2.41. The third-order valence-corrected chi connectivity index (χ3v) is 5.40. The van der Waals surface area contributed by atoms with E-state index in [2.05, 4.69) is 10.3 Å². The molecule has 31 heavy (non-hydrogen) atoms. The fraction of sp³-hybridized carbons (Fsp3) is 0.0385. The van der Waals surface area contributed by atoms with Crippen molar-refractivity contribution in [3.63, 3.8) is 0 Å². The van der Waals surface area contributed by atoms with Crippen molar-refractivity contribution in [2.75, 3.05) is 0 Å². The lowest BCUT2D eigenvalue weighted by atomic mass is 9.77. The van der Waals surface area contributed by atoms with Gasteiger partial charge in [-0.1, -0.05) is 103 Å². The van der Waals surface area contributed by atoms with Crippen molar-refractivity contribution in [3.8, 4) is 11.4 Å². The Hall–Kier alpha value is -4.12. The van der Waals surface area contributed by atoms with E-state index in [0.29, 0.717) is 5.56 Å². The van der Waals surface area contributed by atoms with Gasteiger partial charge in [0.25, 0.3) is 0 Å². The summed E-state index contributed by atoms with van der Waals surface area (Å²) in [5.74, 6) is -0.142. The minimum Gasteiger partial charge on any atom is -0.206 e. The van der Waals surface area contributed by atoms with Gasteiger partial charge in [-0.3, -0.25) is 0 Å². The topological polar surface area (TPSA) is 43.6 Å². The van der Waals surface area contributed by atoms with E-state index in [4.69, 9.17) is 5.10 Å². The quantitative estimate of drug-likeness (QED) is 0.371. The lowest BCUT2D eigenvalue weighted by molar-refractivity contribution is 0.395. The zero-order chi connectivity index (χ0) is 21.1. The highest BCUT2D eigenvalue weighted by molar-refractivity contribution is 5.55. The van der Waals surface area contributed by atoms with Crippen LogP contribution in [-0.4, -0.2) is 20.2 Å². The number of hydrogen-bond acceptors (Lipinski definition) is 3. The molecule has 0 radical (unpaired) electrons. The molecule has 0 aliphatic heterocycles. The normalized spacial score (nSPS) is 11.4. The van der Waals surface area contributed by atoms with Crippen molar-refractivity contribution in [2.24, 2.45) is 0 Å². The van der Waals surface area contributed by atoms with Gasteiger partial charge in [0.1, 0.15) is 5.82 Å². The second-order valence-electron chi connectivity index (χ2n) is 7.19. The summed E-state index contributed by atoms with van der Waals surface area (Å²) in [5, 5.41) is 13.4. The average molecular weight is 406 g/mol. The first kappa shape index (κ1) is 18.9. The number of nitrogens with zero attached hydrogens (tertiary/aromatic N) is 4. The molecule has 0 aliphatic carbocycles. The lowest BCUT2D eigenvalue weighted by Crippen LogP contribution is -2.39. The predicted octanol–water partition coefficient (Wildman–Crippen LogP) is 5.32. The lowest BCUT2D eigenvalue weighted by Gasteiger charge is -2.34. The van der Waals surface area contributed by atoms with Gasteiger partial charge in [0.2, 0.25) is 5.82 Å². The number of rotatable bonds is 5. The van der Waals surface area contributed by atoms with E-state index in [1.165, 1.54) is 6.07 Å². The zero-order valence-corrected chi connectivity index (χ0v) is 16.6. The van der Waals surface area contributed by atoms with Crippen LogP contribution < -0.4 is 0 Å². The van der Waals surface area contributed by atoms with Gasteiger partial charge < -0.3 is 0 Å². The van der Waals surface area contributed by atoms with Crippen molar-refractivity contribution >= 4 is 0 Å². The van der Waals surface area contributed by atoms with E-state index in [0.717, 1.165) is 16.7 Å². The monoisotopic (exact) mass is 406 g/mol. The highest BCUT2D eigenvalue weighted by Crippen LogP contribution is 2.39. The first-order valence-electron chi connectivity index (χ1n) is 10.0. The summed E-state index contributed by atoms with van der Waals surface area (Å²) in [7, 11) is 0. The van der Waals surface area contributed by atoms with Gasteiger partial charge in [0.05, 0.1) is 5.56 Å². The molecule has 5 heteroatoms. The summed E-state index contributed by atoms with van der Waals surface area (Å²) >= 11 is 0. The summed E-state index contributed by atoms with van der Waals surface area (Å²) in [6.07, 6.45) is 0. The van der Waals surface area contributed by atoms with Gasteiger partial charge in [-0.25, -0.2) is 4.39 Å². The number of hydrogen-bond donors (Lipinski definition) is 0. The first-order chi connectivity index (χ1) is 15.3. The third kappa shape index (κ3) is 3.20. The molecule has 1 aromatic heterocycles. The maximum atomic E-state index is 14.4. The molecule has 5 aromatic rings. The summed E-state index contributed by atoms with van der Waals surface area (Å²) in [6.45, 7) is 0. The molecule has 0 fully saturated rings. The molecule has 4 nitrogen and oxygen atoms in total. The minimum atomic E-state index is -0.875. The summed E-state index contributed by atoms with van der Waals surface area (Å²) in [4.78, 5) is 1.59. The molecule has 0 saturated heterocycles. The molecule has 5 rings (SSSR count). The maximum Gasteiger partial charge on any atom is 0.207 e. The van der Waals surface area contributed by atoms with Crippen LogP contribution >= 0.6 is 0 Å². The van der Waals surface area contributed by atoms with Gasteiger partial charge in [-0.2, -0.15) is 0 Å². The Kier molecular flexibility index (Phi) is 4.84. The van der Waals surface area contributed by atoms with Crippen molar-refractivity contribution in [2.45, 2.75) is 5.54 Å². The zero-order valence-electron chi connectivity index (χ0n) is 16.6. The van der Waals surface area contributed by atoms with Crippen LogP contribution in [0.4, 0.5) is 4.39 Å². The van der Waals surface area contributed by atoms with Crippen molar-refractivity contribution in [1.29, 1.82) is 0 Å². The minimum absolute atomic E-state index is 0.241. The van der Waals surface area contributed by atoms with E-state index >= 15 is 0 Å². The van der Waals surface area contributed by atoms with Crippen LogP contribution in [0, 0.1) is 5.82 Å². The van der Waals surface area contributed by atoms with E-state index in [1.807, 2.05) is 91.0 Å². The highest BCUT2D eigenvalue weighted by atomic mass is 19.1. The van der Waals surface area contributed by atoms with E-state index in [-0.39, 0.29) is 11.6 Å². The Balaban J connectivity index is 1.83. The molecule has 0 aliphatic rings. The fourth-order valence-corrected chi connectivity index (χ4v) is 3.99. The van der Waals surface area contributed by atoms with Crippen molar-refractivity contribution in [3.05, 3.63) is 138 Å². The summed E-state index contributed by atoms with van der Waals surface area (Å²) in [5.41, 5.74) is 2.37. The number of tetrazole rings is 1. The predicted molar refractivity (Wildman–Crippen MR) is 118 cm³/mol. The van der Waals surface area contributed by atoms with Crippen LogP contribution in [0.2, 0.25) is 0 Å². The molecule has 0 unspecified atom stereocenters. The smallest absolute Gasteiger partial charge is 0.206 e. The van der Waals surface area contributed by atoms with Crippen LogP contribution in [-0.2, 0) is 5.54 Å². The second kappa shape index (κ2) is 7.95. The first-order valence-corrected chi connectivity index (χ1v) is 10.0. The van der Waals surface area contributed by atoms with Gasteiger partial charge in [0.15, 0.2) is 5.54 Å². The molecule has 0 spiro atoms. The van der Waals surface area contributed by atoms with Crippen LogP contribution in [0.1, 0.15) is 16.7 Å². The molecular formula is C26H19FN4. The van der Waals surface area contributed by atoms with Crippen LogP contribution in [0.15, 0.2) is 115 Å². The van der Waals surface area contributed by atoms with Gasteiger partial charge in [0, 0.05) is 0 Å². The fourth-order valence-electron chi connectivity index (χ4n) is 3.99. The van der Waals surface area contributed by atoms with Crippen molar-refractivity contribution in [1.82, 2.24) is 20.2 Å². The summed E-state index contributed by atoms with van der Waals surface area (Å²) in [6, 6.07) is 36.6. The van der Waals surface area contributed by atoms with Gasteiger partial charge in [-0.05, 0) is 34.0 Å². The molecule has 1 heterocycles. The molecule has 0 amide bonds. The Labute approximate surface area is 179 Å². The molecule has 0 atom stereocenters. The van der Waals surface area contributed by atoms with E-state index in [9.17, 15) is 4.39 Å². The molecule has 0 saturated carbocycles. The average Bonchev–Trinajstić information content (AvgIpc) is 3.32. The molecule has 0 bridgehead atoms. The summed E-state index contributed by atoms with van der Waals surface area (Å²) < 4.78 is 14.4. The number of halogens is 1. The Morgan fingerprint density at radius 3 is 1.52 bits per heavy atom. The van der Waals surface area contributed by atoms with Gasteiger partial charge in [-0.15, -0.1) is 15.0 Å². The second-order valence-corrected chi connectivity index (χ2v) is 7.19. The van der Waals surface area contributed by atoms with Crippen molar-refractivity contribution < 1.29 is 4.39 Å². The van der Waals surface area contributed by atoms with E-state index in [1.54, 1.807) is 23.0 Å². The largest absolute Gasteiger partial charge is 0.207 e. The SMILES string of the molecule is Fc1ccccc1-c1nnn(C(c2ccccc2)(c2ccccc2)c2ccccc2)n1. The third-order valence-electron chi connectivity index (χ3n) is 5.40. The number of benzene rings is 4. The van der Waals surface area contributed by atoms with Crippen LogP contribution in [0.25, 0.3) is 11.4 Å². The van der Waals surface area contributed by atoms with Crippen LogP contribution in [0.3, 0.4) is 0 Å². The molecular weight excluding hydrogens is 387 g/mol. The van der Waals surface area contributed by atoms with E-state index < -0.39 is 5.54 Å². The maximum absolute atomic E-state index is 14.4. The Morgan fingerprint density at radius 2 is 1.03 bits per heavy atom. The number of aromatic nitrogens is 4. The Bertz CT molecular complexity index is 1190. The van der Waals surface area contributed by atoms with Crippen LogP contribution in [0.5, 0.6) is 0 Å².